The Balaban J connectivity index is 1.81. The van der Waals surface area contributed by atoms with Crippen LogP contribution >= 0.6 is 0 Å². The Morgan fingerprint density at radius 3 is 2.76 bits per heavy atom. The lowest BCUT2D eigenvalue weighted by molar-refractivity contribution is -0.116. The molecule has 3 unspecified atom stereocenters. The van der Waals surface area contributed by atoms with E-state index < -0.39 is 0 Å². The summed E-state index contributed by atoms with van der Waals surface area (Å²) in [6.07, 6.45) is 5.72. The molecular weight excluding hydrogens is 316 g/mol. The molecule has 0 heterocycles. The Labute approximate surface area is 151 Å². The molecule has 0 bridgehead atoms. The molecular formula is C20H32N2O3. The van der Waals surface area contributed by atoms with Crippen molar-refractivity contribution in [2.75, 3.05) is 26.1 Å². The molecule has 0 radical (unpaired) electrons. The highest BCUT2D eigenvalue weighted by Crippen LogP contribution is 2.29. The topological polar surface area (TPSA) is 59.6 Å². The second-order valence-electron chi connectivity index (χ2n) is 7.27. The zero-order valence-corrected chi connectivity index (χ0v) is 15.9. The van der Waals surface area contributed by atoms with E-state index in [1.807, 2.05) is 6.07 Å². The van der Waals surface area contributed by atoms with Gasteiger partial charge in [-0.15, -0.1) is 0 Å². The minimum Gasteiger partial charge on any atom is -0.497 e. The van der Waals surface area contributed by atoms with Crippen LogP contribution in [0.3, 0.4) is 0 Å². The number of nitrogens with one attached hydrogen (secondary N) is 2. The number of methoxy groups -OCH3 is 2. The molecule has 0 aromatic heterocycles. The van der Waals surface area contributed by atoms with Crippen molar-refractivity contribution in [3.05, 3.63) is 18.2 Å². The molecule has 2 rings (SSSR count). The van der Waals surface area contributed by atoms with Crippen molar-refractivity contribution in [1.29, 1.82) is 0 Å². The zero-order chi connectivity index (χ0) is 18.2. The highest BCUT2D eigenvalue weighted by molar-refractivity contribution is 5.92. The lowest BCUT2D eigenvalue weighted by Gasteiger charge is -2.28. The minimum atomic E-state index is -0.0245. The van der Waals surface area contributed by atoms with Crippen molar-refractivity contribution >= 4 is 11.6 Å². The van der Waals surface area contributed by atoms with Crippen LogP contribution in [0.2, 0.25) is 0 Å². The van der Waals surface area contributed by atoms with Gasteiger partial charge in [0.15, 0.2) is 0 Å². The van der Waals surface area contributed by atoms with E-state index >= 15 is 0 Å². The average Bonchev–Trinajstić information content (AvgIpc) is 2.60. The molecule has 5 heteroatoms. The summed E-state index contributed by atoms with van der Waals surface area (Å²) >= 11 is 0. The highest BCUT2D eigenvalue weighted by atomic mass is 16.5. The van der Waals surface area contributed by atoms with Crippen LogP contribution in [-0.4, -0.2) is 32.7 Å². The molecule has 5 nitrogen and oxygen atoms in total. The van der Waals surface area contributed by atoms with Crippen molar-refractivity contribution in [2.24, 2.45) is 11.8 Å². The fraction of sp³-hybridized carbons (Fsp3) is 0.650. The molecule has 0 saturated heterocycles. The summed E-state index contributed by atoms with van der Waals surface area (Å²) in [6, 6.07) is 5.52. The summed E-state index contributed by atoms with van der Waals surface area (Å²) < 4.78 is 10.5. The van der Waals surface area contributed by atoms with Gasteiger partial charge in [0, 0.05) is 18.5 Å². The van der Waals surface area contributed by atoms with Gasteiger partial charge in [-0.3, -0.25) is 4.79 Å². The second kappa shape index (κ2) is 9.66. The fourth-order valence-corrected chi connectivity index (χ4v) is 3.58. The van der Waals surface area contributed by atoms with Crippen molar-refractivity contribution in [2.45, 2.75) is 52.0 Å². The number of anilines is 1. The van der Waals surface area contributed by atoms with Crippen LogP contribution in [0.4, 0.5) is 5.69 Å². The first-order valence-corrected chi connectivity index (χ1v) is 9.27. The normalized spacial score (nSPS) is 21.4. The van der Waals surface area contributed by atoms with Crippen LogP contribution < -0.4 is 20.1 Å². The summed E-state index contributed by atoms with van der Waals surface area (Å²) in [5.41, 5.74) is 0.639. The summed E-state index contributed by atoms with van der Waals surface area (Å²) in [6.45, 7) is 5.40. The number of amides is 1. The number of hydrogen-bond donors (Lipinski definition) is 2. The van der Waals surface area contributed by atoms with E-state index in [4.69, 9.17) is 9.47 Å². The van der Waals surface area contributed by atoms with Crippen molar-refractivity contribution in [1.82, 2.24) is 5.32 Å². The molecule has 1 aliphatic rings. The maximum absolute atomic E-state index is 12.3. The first kappa shape index (κ1) is 19.6. The first-order chi connectivity index (χ1) is 12.0. The van der Waals surface area contributed by atoms with E-state index in [2.05, 4.69) is 24.5 Å². The van der Waals surface area contributed by atoms with Gasteiger partial charge in [0.05, 0.1) is 19.9 Å². The maximum Gasteiger partial charge on any atom is 0.226 e. The number of ether oxygens (including phenoxy) is 2. The highest BCUT2D eigenvalue weighted by Gasteiger charge is 2.20. The summed E-state index contributed by atoms with van der Waals surface area (Å²) in [4.78, 5) is 12.3. The molecule has 1 aromatic carbocycles. The molecule has 140 valence electrons. The molecule has 1 fully saturated rings. The Morgan fingerprint density at radius 2 is 2.08 bits per heavy atom. The number of hydrogen-bond acceptors (Lipinski definition) is 4. The molecule has 0 spiro atoms. The van der Waals surface area contributed by atoms with Crippen molar-refractivity contribution in [3.63, 3.8) is 0 Å². The van der Waals surface area contributed by atoms with Gasteiger partial charge in [0.25, 0.3) is 0 Å². The van der Waals surface area contributed by atoms with E-state index in [9.17, 15) is 4.79 Å². The number of benzene rings is 1. The third kappa shape index (κ3) is 6.24. The predicted octanol–water partition coefficient (Wildman–Crippen LogP) is 3.84. The summed E-state index contributed by atoms with van der Waals surface area (Å²) in [7, 11) is 3.19. The zero-order valence-electron chi connectivity index (χ0n) is 15.9. The molecule has 1 amide bonds. The van der Waals surface area contributed by atoms with Gasteiger partial charge in [-0.2, -0.15) is 0 Å². The Hall–Kier alpha value is -1.75. The van der Waals surface area contributed by atoms with Crippen LogP contribution in [-0.2, 0) is 4.79 Å². The maximum atomic E-state index is 12.3. The van der Waals surface area contributed by atoms with E-state index in [1.54, 1.807) is 26.4 Å². The Morgan fingerprint density at radius 1 is 1.28 bits per heavy atom. The van der Waals surface area contributed by atoms with Crippen molar-refractivity contribution in [3.8, 4) is 11.5 Å². The SMILES string of the molecule is COc1ccc(OC)c(NC(=O)CC(C)NCC2CCCC(C)C2)c1. The number of rotatable bonds is 8. The standard InChI is InChI=1S/C20H32N2O3/c1-14-6-5-7-16(10-14)13-21-15(2)11-20(23)22-18-12-17(24-3)8-9-19(18)25-4/h8-9,12,14-16,21H,5-7,10-11,13H2,1-4H3,(H,22,23). The molecule has 0 aliphatic heterocycles. The van der Waals surface area contributed by atoms with E-state index in [1.165, 1.54) is 25.7 Å². The van der Waals surface area contributed by atoms with Crippen LogP contribution in [0.1, 0.15) is 46.0 Å². The monoisotopic (exact) mass is 348 g/mol. The quantitative estimate of drug-likeness (QED) is 0.749. The van der Waals surface area contributed by atoms with E-state index in [-0.39, 0.29) is 11.9 Å². The van der Waals surface area contributed by atoms with Crippen LogP contribution in [0, 0.1) is 11.8 Å². The van der Waals surface area contributed by atoms with Gasteiger partial charge < -0.3 is 20.1 Å². The third-order valence-electron chi connectivity index (χ3n) is 4.97. The Bertz CT molecular complexity index is 562. The van der Waals surface area contributed by atoms with Gasteiger partial charge in [0.2, 0.25) is 5.91 Å². The molecule has 25 heavy (non-hydrogen) atoms. The Kier molecular flexibility index (Phi) is 7.56. The van der Waals surface area contributed by atoms with Gasteiger partial charge >= 0.3 is 0 Å². The second-order valence-corrected chi connectivity index (χ2v) is 7.27. The lowest BCUT2D eigenvalue weighted by Crippen LogP contribution is -2.35. The van der Waals surface area contributed by atoms with Crippen LogP contribution in [0.5, 0.6) is 11.5 Å². The van der Waals surface area contributed by atoms with Gasteiger partial charge in [-0.25, -0.2) is 0 Å². The molecule has 1 aromatic rings. The van der Waals surface area contributed by atoms with Gasteiger partial charge in [-0.1, -0.05) is 19.8 Å². The summed E-state index contributed by atoms with van der Waals surface area (Å²) in [5.74, 6) is 2.87. The van der Waals surface area contributed by atoms with Crippen molar-refractivity contribution < 1.29 is 14.3 Å². The van der Waals surface area contributed by atoms with Crippen LogP contribution in [0.15, 0.2) is 18.2 Å². The van der Waals surface area contributed by atoms with Crippen LogP contribution in [0.25, 0.3) is 0 Å². The predicted molar refractivity (Wildman–Crippen MR) is 101 cm³/mol. The third-order valence-corrected chi connectivity index (χ3v) is 4.97. The molecule has 1 aliphatic carbocycles. The number of carbonyl (C=O) groups excluding carboxylic acids is 1. The minimum absolute atomic E-state index is 0.0245. The average molecular weight is 348 g/mol. The molecule has 2 N–H and O–H groups in total. The summed E-state index contributed by atoms with van der Waals surface area (Å²) in [5, 5.41) is 6.45. The first-order valence-electron chi connectivity index (χ1n) is 9.27. The lowest BCUT2D eigenvalue weighted by atomic mass is 9.82. The molecule has 1 saturated carbocycles. The van der Waals surface area contributed by atoms with E-state index in [0.29, 0.717) is 23.6 Å². The largest absolute Gasteiger partial charge is 0.497 e. The fourth-order valence-electron chi connectivity index (χ4n) is 3.58. The smallest absolute Gasteiger partial charge is 0.226 e. The van der Waals surface area contributed by atoms with E-state index in [0.717, 1.165) is 18.4 Å². The molecule has 3 atom stereocenters. The van der Waals surface area contributed by atoms with Gasteiger partial charge in [-0.05, 0) is 50.3 Å². The van der Waals surface area contributed by atoms with Gasteiger partial charge in [0.1, 0.15) is 11.5 Å². The number of carbonyl (C=O) groups is 1.